The molecule has 8 nitrogen and oxygen atoms in total. The van der Waals surface area contributed by atoms with Gasteiger partial charge in [-0.1, -0.05) is 0 Å². The molecule has 0 spiro atoms. The van der Waals surface area contributed by atoms with Gasteiger partial charge in [-0.2, -0.15) is 0 Å². The first-order valence-corrected chi connectivity index (χ1v) is 11.3. The van der Waals surface area contributed by atoms with Crippen LogP contribution in [-0.2, 0) is 9.47 Å². The molecule has 1 aliphatic heterocycles. The Balaban J connectivity index is 1.73. The SMILES string of the molecule is COCCOC(=O)c1c(C)[nH]c(C(=O)Nc2ccc(C(=O)N3CCCCC3C)cc2C)c1C. The average Bonchev–Trinajstić information content (AvgIpc) is 3.09. The van der Waals surface area contributed by atoms with Crippen LogP contribution in [0.1, 0.15) is 74.2 Å². The van der Waals surface area contributed by atoms with Crippen molar-refractivity contribution in [3.8, 4) is 0 Å². The second-order valence-corrected chi connectivity index (χ2v) is 8.58. The minimum Gasteiger partial charge on any atom is -0.460 e. The first-order valence-electron chi connectivity index (χ1n) is 11.3. The van der Waals surface area contributed by atoms with E-state index in [0.29, 0.717) is 40.4 Å². The highest BCUT2D eigenvalue weighted by Crippen LogP contribution is 2.24. The molecule has 0 saturated carbocycles. The molecule has 2 N–H and O–H groups in total. The Labute approximate surface area is 194 Å². The summed E-state index contributed by atoms with van der Waals surface area (Å²) in [6.45, 7) is 8.60. The zero-order valence-corrected chi connectivity index (χ0v) is 20.0. The lowest BCUT2D eigenvalue weighted by Gasteiger charge is -2.33. The number of piperidine rings is 1. The van der Waals surface area contributed by atoms with Crippen molar-refractivity contribution in [3.63, 3.8) is 0 Å². The van der Waals surface area contributed by atoms with Gasteiger partial charge in [0, 0.05) is 36.6 Å². The predicted molar refractivity (Wildman–Crippen MR) is 126 cm³/mol. The molecule has 1 atom stereocenters. The van der Waals surface area contributed by atoms with E-state index >= 15 is 0 Å². The van der Waals surface area contributed by atoms with Crippen LogP contribution in [0.15, 0.2) is 18.2 Å². The summed E-state index contributed by atoms with van der Waals surface area (Å²) in [6, 6.07) is 5.54. The molecule has 2 aromatic rings. The lowest BCUT2D eigenvalue weighted by atomic mass is 10.0. The fraction of sp³-hybridized carbons (Fsp3) is 0.480. The zero-order valence-electron chi connectivity index (χ0n) is 20.0. The monoisotopic (exact) mass is 455 g/mol. The molecule has 1 aromatic carbocycles. The average molecular weight is 456 g/mol. The summed E-state index contributed by atoms with van der Waals surface area (Å²) in [6.07, 6.45) is 3.20. The number of hydrogen-bond donors (Lipinski definition) is 2. The second kappa shape index (κ2) is 10.7. The summed E-state index contributed by atoms with van der Waals surface area (Å²) in [4.78, 5) is 43.2. The van der Waals surface area contributed by atoms with Crippen LogP contribution < -0.4 is 5.32 Å². The number of aromatic amines is 1. The van der Waals surface area contributed by atoms with Crippen molar-refractivity contribution in [3.05, 3.63) is 51.8 Å². The summed E-state index contributed by atoms with van der Waals surface area (Å²) in [5.74, 6) is -0.836. The number of carbonyl (C=O) groups is 3. The second-order valence-electron chi connectivity index (χ2n) is 8.58. The number of carbonyl (C=O) groups excluding carboxylic acids is 3. The van der Waals surface area contributed by atoms with E-state index < -0.39 is 5.97 Å². The van der Waals surface area contributed by atoms with Crippen LogP contribution in [0.5, 0.6) is 0 Å². The maximum Gasteiger partial charge on any atom is 0.340 e. The van der Waals surface area contributed by atoms with Gasteiger partial charge in [0.1, 0.15) is 12.3 Å². The minimum absolute atomic E-state index is 0.0237. The molecule has 1 unspecified atom stereocenters. The van der Waals surface area contributed by atoms with Crippen LogP contribution in [0, 0.1) is 20.8 Å². The van der Waals surface area contributed by atoms with Crippen LogP contribution in [0.4, 0.5) is 5.69 Å². The number of rotatable bonds is 7. The van der Waals surface area contributed by atoms with Crippen LogP contribution in [0.2, 0.25) is 0 Å². The fourth-order valence-electron chi connectivity index (χ4n) is 4.26. The van der Waals surface area contributed by atoms with E-state index in [-0.39, 0.29) is 24.5 Å². The molecule has 0 radical (unpaired) electrons. The molecule has 1 aliphatic rings. The largest absolute Gasteiger partial charge is 0.460 e. The minimum atomic E-state index is -0.497. The highest BCUT2D eigenvalue weighted by molar-refractivity contribution is 6.07. The van der Waals surface area contributed by atoms with E-state index in [4.69, 9.17) is 9.47 Å². The van der Waals surface area contributed by atoms with Crippen molar-refractivity contribution in [2.45, 2.75) is 53.0 Å². The first kappa shape index (κ1) is 24.5. The van der Waals surface area contributed by atoms with Crippen LogP contribution >= 0.6 is 0 Å². The van der Waals surface area contributed by atoms with Crippen LogP contribution in [0.3, 0.4) is 0 Å². The van der Waals surface area contributed by atoms with Crippen molar-refractivity contribution < 1.29 is 23.9 Å². The van der Waals surface area contributed by atoms with Gasteiger partial charge < -0.3 is 24.7 Å². The van der Waals surface area contributed by atoms with Crippen molar-refractivity contribution in [1.82, 2.24) is 9.88 Å². The van der Waals surface area contributed by atoms with Gasteiger partial charge in [0.2, 0.25) is 0 Å². The number of hydrogen-bond acceptors (Lipinski definition) is 5. The summed E-state index contributed by atoms with van der Waals surface area (Å²) < 4.78 is 10.1. The molecule has 33 heavy (non-hydrogen) atoms. The molecule has 178 valence electrons. The van der Waals surface area contributed by atoms with Gasteiger partial charge >= 0.3 is 5.97 Å². The number of esters is 1. The van der Waals surface area contributed by atoms with Gasteiger partial charge in [-0.05, 0) is 76.3 Å². The smallest absolute Gasteiger partial charge is 0.340 e. The normalized spacial score (nSPS) is 15.9. The predicted octanol–water partition coefficient (Wildman–Crippen LogP) is 4.01. The molecule has 1 aromatic heterocycles. The van der Waals surface area contributed by atoms with Crippen LogP contribution in [0.25, 0.3) is 0 Å². The Kier molecular flexibility index (Phi) is 7.92. The first-order chi connectivity index (χ1) is 15.7. The van der Waals surface area contributed by atoms with Gasteiger partial charge in [0.25, 0.3) is 11.8 Å². The van der Waals surface area contributed by atoms with Gasteiger partial charge in [0.15, 0.2) is 0 Å². The van der Waals surface area contributed by atoms with Crippen molar-refractivity contribution in [2.75, 3.05) is 32.2 Å². The summed E-state index contributed by atoms with van der Waals surface area (Å²) in [5, 5.41) is 2.89. The molecule has 1 fully saturated rings. The third-order valence-corrected chi connectivity index (χ3v) is 6.17. The van der Waals surface area contributed by atoms with Gasteiger partial charge in [0.05, 0.1) is 12.2 Å². The molecule has 2 amide bonds. The maximum absolute atomic E-state index is 13.0. The third kappa shape index (κ3) is 5.45. The van der Waals surface area contributed by atoms with Crippen molar-refractivity contribution in [2.24, 2.45) is 0 Å². The lowest BCUT2D eigenvalue weighted by molar-refractivity contribution is 0.0386. The van der Waals surface area contributed by atoms with Crippen LogP contribution in [-0.4, -0.2) is 60.6 Å². The molecule has 8 heteroatoms. The molecular weight excluding hydrogens is 422 g/mol. The topological polar surface area (TPSA) is 101 Å². The Morgan fingerprint density at radius 2 is 1.91 bits per heavy atom. The van der Waals surface area contributed by atoms with Gasteiger partial charge in [-0.3, -0.25) is 9.59 Å². The molecule has 2 heterocycles. The Bertz CT molecular complexity index is 1040. The number of anilines is 1. The standard InChI is InChI=1S/C25H33N3O5/c1-15-14-19(24(30)28-11-7-6-8-16(28)2)9-10-20(15)27-23(29)22-17(3)21(18(4)26-22)25(31)33-13-12-32-5/h9-10,14,16,26H,6-8,11-13H2,1-5H3,(H,27,29). The number of aryl methyl sites for hydroxylation is 2. The number of benzene rings is 1. The Morgan fingerprint density at radius 1 is 1.15 bits per heavy atom. The van der Waals surface area contributed by atoms with Crippen molar-refractivity contribution >= 4 is 23.5 Å². The van der Waals surface area contributed by atoms with Gasteiger partial charge in [-0.15, -0.1) is 0 Å². The van der Waals surface area contributed by atoms with E-state index in [2.05, 4.69) is 17.2 Å². The Hall–Kier alpha value is -3.13. The summed E-state index contributed by atoms with van der Waals surface area (Å²) >= 11 is 0. The van der Waals surface area contributed by atoms with E-state index in [1.165, 1.54) is 7.11 Å². The lowest BCUT2D eigenvalue weighted by Crippen LogP contribution is -2.42. The number of ether oxygens (including phenoxy) is 2. The molecule has 0 aliphatic carbocycles. The summed E-state index contributed by atoms with van der Waals surface area (Å²) in [7, 11) is 1.53. The number of nitrogens with zero attached hydrogens (tertiary/aromatic N) is 1. The zero-order chi connectivity index (χ0) is 24.1. The highest BCUT2D eigenvalue weighted by Gasteiger charge is 2.26. The number of likely N-dealkylation sites (tertiary alicyclic amines) is 1. The fourth-order valence-corrected chi connectivity index (χ4v) is 4.26. The maximum atomic E-state index is 13.0. The highest BCUT2D eigenvalue weighted by atomic mass is 16.6. The number of methoxy groups -OCH3 is 1. The molecule has 0 bridgehead atoms. The molecular formula is C25H33N3O5. The molecule has 1 saturated heterocycles. The van der Waals surface area contributed by atoms with E-state index in [1.807, 2.05) is 17.9 Å². The van der Waals surface area contributed by atoms with Crippen molar-refractivity contribution in [1.29, 1.82) is 0 Å². The van der Waals surface area contributed by atoms with Gasteiger partial charge in [-0.25, -0.2) is 4.79 Å². The quantitative estimate of drug-likeness (QED) is 0.485. The number of amides is 2. The summed E-state index contributed by atoms with van der Waals surface area (Å²) in [5.41, 5.74) is 3.76. The number of aromatic nitrogens is 1. The van der Waals surface area contributed by atoms with E-state index in [9.17, 15) is 14.4 Å². The van der Waals surface area contributed by atoms with E-state index in [0.717, 1.165) is 31.4 Å². The Morgan fingerprint density at radius 3 is 2.58 bits per heavy atom. The number of H-pyrrole nitrogens is 1. The number of nitrogens with one attached hydrogen (secondary N) is 2. The third-order valence-electron chi connectivity index (χ3n) is 6.17. The molecule has 3 rings (SSSR count). The van der Waals surface area contributed by atoms with E-state index in [1.54, 1.807) is 26.0 Å².